The first kappa shape index (κ1) is 23.5. The molecule has 2 aromatic rings. The van der Waals surface area contributed by atoms with Gasteiger partial charge in [-0.05, 0) is 80.7 Å². The molecule has 1 amide bonds. The summed E-state index contributed by atoms with van der Waals surface area (Å²) in [5.41, 5.74) is 1.31. The quantitative estimate of drug-likeness (QED) is 0.411. The van der Waals surface area contributed by atoms with Crippen molar-refractivity contribution in [1.29, 1.82) is 0 Å². The van der Waals surface area contributed by atoms with Gasteiger partial charge in [0.15, 0.2) is 11.6 Å². The Kier molecular flexibility index (Phi) is 7.51. The number of carbonyl (C=O) groups is 1. The first-order valence-electron chi connectivity index (χ1n) is 12.1. The molecule has 1 aliphatic carbocycles. The molecule has 0 aromatic heterocycles. The van der Waals surface area contributed by atoms with Crippen LogP contribution in [-0.4, -0.2) is 30.1 Å². The van der Waals surface area contributed by atoms with Gasteiger partial charge in [-0.3, -0.25) is 4.79 Å². The van der Waals surface area contributed by atoms with E-state index in [4.69, 9.17) is 9.47 Å². The molecular formula is C27H33F2NO3. The smallest absolute Gasteiger partial charge is 0.254 e. The molecule has 33 heavy (non-hydrogen) atoms. The normalized spacial score (nSPS) is 21.1. The standard InChI is InChI=1S/C27H33F2NO3/c1-3-4-12-32-26-15-24-21(13-25(26)29)17-30(27(24)31)16-19-8-10-20(11-9-19)18(2)33-23-7-5-6-22(28)14-23/h5-7,13-15,18-20H,3-4,8-12,16-17H2,1-2H3/t18?,19-,20-. The maximum Gasteiger partial charge on any atom is 0.254 e. The number of hydrogen-bond donors (Lipinski definition) is 0. The summed E-state index contributed by atoms with van der Waals surface area (Å²) in [7, 11) is 0. The molecule has 1 atom stereocenters. The van der Waals surface area contributed by atoms with Gasteiger partial charge < -0.3 is 14.4 Å². The van der Waals surface area contributed by atoms with E-state index in [9.17, 15) is 13.6 Å². The van der Waals surface area contributed by atoms with E-state index in [2.05, 4.69) is 6.92 Å². The molecule has 4 nitrogen and oxygen atoms in total. The zero-order valence-electron chi connectivity index (χ0n) is 19.5. The van der Waals surface area contributed by atoms with Crippen LogP contribution in [0.2, 0.25) is 0 Å². The second kappa shape index (κ2) is 10.5. The summed E-state index contributed by atoms with van der Waals surface area (Å²) in [6.07, 6.45) is 5.89. The fourth-order valence-electron chi connectivity index (χ4n) is 4.96. The van der Waals surface area contributed by atoms with Crippen molar-refractivity contribution in [1.82, 2.24) is 4.90 Å². The third-order valence-corrected chi connectivity index (χ3v) is 6.94. The minimum atomic E-state index is -0.396. The lowest BCUT2D eigenvalue weighted by molar-refractivity contribution is 0.0685. The van der Waals surface area contributed by atoms with Gasteiger partial charge in [-0.25, -0.2) is 8.78 Å². The summed E-state index contributed by atoms with van der Waals surface area (Å²) in [6, 6.07) is 9.30. The van der Waals surface area contributed by atoms with Crippen LogP contribution in [0.1, 0.15) is 68.3 Å². The molecule has 1 unspecified atom stereocenters. The zero-order chi connectivity index (χ0) is 23.4. The summed E-state index contributed by atoms with van der Waals surface area (Å²) in [5, 5.41) is 0. The molecule has 178 valence electrons. The highest BCUT2D eigenvalue weighted by Gasteiger charge is 2.33. The Morgan fingerprint density at radius 1 is 1.12 bits per heavy atom. The van der Waals surface area contributed by atoms with Crippen LogP contribution in [0.15, 0.2) is 36.4 Å². The molecule has 0 bridgehead atoms. The Hall–Kier alpha value is -2.63. The van der Waals surface area contributed by atoms with Crippen molar-refractivity contribution in [2.24, 2.45) is 11.8 Å². The SMILES string of the molecule is CCCCOc1cc2c(cc1F)CN(C[C@H]1CC[C@H](C(C)Oc3cccc(F)c3)CC1)C2=O. The van der Waals surface area contributed by atoms with E-state index in [1.54, 1.807) is 18.2 Å². The fraction of sp³-hybridized carbons (Fsp3) is 0.519. The molecule has 2 aromatic carbocycles. The number of ether oxygens (including phenoxy) is 2. The number of benzene rings is 2. The van der Waals surface area contributed by atoms with Gasteiger partial charge in [-0.2, -0.15) is 0 Å². The third kappa shape index (κ3) is 5.66. The maximum atomic E-state index is 14.4. The summed E-state index contributed by atoms with van der Waals surface area (Å²) >= 11 is 0. The topological polar surface area (TPSA) is 38.8 Å². The number of hydrogen-bond acceptors (Lipinski definition) is 3. The average molecular weight is 458 g/mol. The Morgan fingerprint density at radius 3 is 2.64 bits per heavy atom. The lowest BCUT2D eigenvalue weighted by Crippen LogP contribution is -2.34. The molecule has 1 heterocycles. The van der Waals surface area contributed by atoms with E-state index in [0.29, 0.717) is 42.8 Å². The molecule has 0 spiro atoms. The molecule has 2 aliphatic rings. The molecular weight excluding hydrogens is 424 g/mol. The monoisotopic (exact) mass is 457 g/mol. The lowest BCUT2D eigenvalue weighted by atomic mass is 9.79. The molecule has 0 N–H and O–H groups in total. The van der Waals surface area contributed by atoms with E-state index in [0.717, 1.165) is 44.1 Å². The van der Waals surface area contributed by atoms with Crippen molar-refractivity contribution < 1.29 is 23.0 Å². The van der Waals surface area contributed by atoms with E-state index in [-0.39, 0.29) is 23.6 Å². The highest BCUT2D eigenvalue weighted by atomic mass is 19.1. The lowest BCUT2D eigenvalue weighted by Gasteiger charge is -2.34. The number of halogens is 2. The Labute approximate surface area is 194 Å². The van der Waals surface area contributed by atoms with Crippen LogP contribution in [0.3, 0.4) is 0 Å². The molecule has 1 saturated carbocycles. The largest absolute Gasteiger partial charge is 0.490 e. The van der Waals surface area contributed by atoms with Gasteiger partial charge in [0.05, 0.1) is 12.7 Å². The highest BCUT2D eigenvalue weighted by Crippen LogP contribution is 2.35. The van der Waals surface area contributed by atoms with E-state index in [1.165, 1.54) is 18.2 Å². The maximum absolute atomic E-state index is 14.4. The Bertz CT molecular complexity index is 972. The van der Waals surface area contributed by atoms with Crippen molar-refractivity contribution in [2.45, 2.75) is 65.0 Å². The summed E-state index contributed by atoms with van der Waals surface area (Å²) < 4.78 is 39.3. The summed E-state index contributed by atoms with van der Waals surface area (Å²) in [4.78, 5) is 14.8. The zero-order valence-corrected chi connectivity index (χ0v) is 19.5. The minimum absolute atomic E-state index is 0.0135. The molecule has 1 aliphatic heterocycles. The predicted octanol–water partition coefficient (Wildman–Crippen LogP) is 6.37. The van der Waals surface area contributed by atoms with Gasteiger partial charge in [-0.1, -0.05) is 19.4 Å². The summed E-state index contributed by atoms with van der Waals surface area (Å²) in [5.74, 6) is 0.848. The highest BCUT2D eigenvalue weighted by molar-refractivity contribution is 5.98. The van der Waals surface area contributed by atoms with Gasteiger partial charge in [0.2, 0.25) is 0 Å². The van der Waals surface area contributed by atoms with Crippen molar-refractivity contribution in [3.8, 4) is 11.5 Å². The fourth-order valence-corrected chi connectivity index (χ4v) is 4.96. The van der Waals surface area contributed by atoms with Crippen LogP contribution in [0.25, 0.3) is 0 Å². The number of fused-ring (bicyclic) bond motifs is 1. The Balaban J connectivity index is 1.29. The molecule has 0 radical (unpaired) electrons. The number of amides is 1. The molecule has 0 saturated heterocycles. The molecule has 1 fully saturated rings. The van der Waals surface area contributed by atoms with Gasteiger partial charge >= 0.3 is 0 Å². The summed E-state index contributed by atoms with van der Waals surface area (Å²) in [6.45, 7) is 5.70. The van der Waals surface area contributed by atoms with Crippen molar-refractivity contribution in [3.05, 3.63) is 59.2 Å². The van der Waals surface area contributed by atoms with Crippen LogP contribution < -0.4 is 9.47 Å². The second-order valence-corrected chi connectivity index (χ2v) is 9.39. The minimum Gasteiger partial charge on any atom is -0.490 e. The van der Waals surface area contributed by atoms with Crippen LogP contribution in [0, 0.1) is 23.5 Å². The van der Waals surface area contributed by atoms with Crippen LogP contribution in [0.5, 0.6) is 11.5 Å². The first-order valence-corrected chi connectivity index (χ1v) is 12.1. The second-order valence-electron chi connectivity index (χ2n) is 9.39. The van der Waals surface area contributed by atoms with Crippen molar-refractivity contribution in [3.63, 3.8) is 0 Å². The Morgan fingerprint density at radius 2 is 1.91 bits per heavy atom. The van der Waals surface area contributed by atoms with Crippen molar-refractivity contribution >= 4 is 5.91 Å². The number of nitrogens with zero attached hydrogens (tertiary/aromatic N) is 1. The van der Waals surface area contributed by atoms with Crippen LogP contribution >= 0.6 is 0 Å². The van der Waals surface area contributed by atoms with Crippen LogP contribution in [0.4, 0.5) is 8.78 Å². The molecule has 4 rings (SSSR count). The van der Waals surface area contributed by atoms with Gasteiger partial charge in [0.25, 0.3) is 5.91 Å². The van der Waals surface area contributed by atoms with Crippen molar-refractivity contribution in [2.75, 3.05) is 13.2 Å². The first-order chi connectivity index (χ1) is 15.9. The van der Waals surface area contributed by atoms with Crippen LogP contribution in [-0.2, 0) is 6.54 Å². The van der Waals surface area contributed by atoms with Gasteiger partial charge in [0, 0.05) is 24.7 Å². The molecule has 6 heteroatoms. The number of rotatable bonds is 9. The third-order valence-electron chi connectivity index (χ3n) is 6.94. The van der Waals surface area contributed by atoms with E-state index < -0.39 is 5.82 Å². The van der Waals surface area contributed by atoms with E-state index in [1.807, 2.05) is 11.8 Å². The van der Waals surface area contributed by atoms with Gasteiger partial charge in [0.1, 0.15) is 11.6 Å². The predicted molar refractivity (Wildman–Crippen MR) is 123 cm³/mol. The average Bonchev–Trinajstić information content (AvgIpc) is 3.08. The number of unbranched alkanes of at least 4 members (excludes halogenated alkanes) is 1. The van der Waals surface area contributed by atoms with Gasteiger partial charge in [-0.15, -0.1) is 0 Å². The number of carbonyl (C=O) groups excluding carboxylic acids is 1. The van der Waals surface area contributed by atoms with E-state index >= 15 is 0 Å².